The van der Waals surface area contributed by atoms with E-state index in [9.17, 15) is 4.79 Å². The van der Waals surface area contributed by atoms with Crippen molar-refractivity contribution in [2.45, 2.75) is 12.2 Å². The second kappa shape index (κ2) is 6.33. The predicted octanol–water partition coefficient (Wildman–Crippen LogP) is 3.54. The van der Waals surface area contributed by atoms with Crippen LogP contribution in [0.3, 0.4) is 0 Å². The Morgan fingerprint density at radius 2 is 2.21 bits per heavy atom. The van der Waals surface area contributed by atoms with E-state index in [2.05, 4.69) is 23.3 Å². The highest BCUT2D eigenvalue weighted by Gasteiger charge is 2.42. The highest BCUT2D eigenvalue weighted by Crippen LogP contribution is 2.43. The number of rotatable bonds is 3. The average molecular weight is 356 g/mol. The van der Waals surface area contributed by atoms with Crippen LogP contribution in [0.2, 0.25) is 0 Å². The van der Waals surface area contributed by atoms with Gasteiger partial charge in [0, 0.05) is 21.9 Å². The van der Waals surface area contributed by atoms with Crippen molar-refractivity contribution in [3.05, 3.63) is 64.9 Å². The number of carbonyl (C=O) groups excluding carboxylic acids is 1. The Hall–Kier alpha value is -2.25. The van der Waals surface area contributed by atoms with Crippen molar-refractivity contribution in [1.29, 1.82) is 0 Å². The van der Waals surface area contributed by atoms with Crippen LogP contribution >= 0.6 is 23.1 Å². The number of hydrogen-bond acceptors (Lipinski definition) is 6. The van der Waals surface area contributed by atoms with Gasteiger partial charge < -0.3 is 10.6 Å². The fourth-order valence-electron chi connectivity index (χ4n) is 2.90. The molecule has 3 heterocycles. The third kappa shape index (κ3) is 2.59. The topological polar surface area (TPSA) is 56.7 Å². The van der Waals surface area contributed by atoms with Gasteiger partial charge in [0.1, 0.15) is 0 Å². The number of anilines is 1. The number of hydrazone groups is 1. The molecule has 2 aliphatic heterocycles. The number of nitrogens with zero attached hydrogens (tertiary/aromatic N) is 2. The maximum Gasteiger partial charge on any atom is 0.255 e. The molecule has 0 unspecified atom stereocenters. The van der Waals surface area contributed by atoms with Gasteiger partial charge in [-0.15, -0.1) is 23.0 Å². The first kappa shape index (κ1) is 15.3. The lowest BCUT2D eigenvalue weighted by Gasteiger charge is -2.43. The molecule has 2 N–H and O–H groups in total. The number of para-hydroxylation sites is 1. The minimum absolute atomic E-state index is 0.0490. The van der Waals surface area contributed by atoms with Crippen LogP contribution in [0.15, 0.2) is 59.5 Å². The second-order valence-electron chi connectivity index (χ2n) is 5.43. The van der Waals surface area contributed by atoms with Crippen LogP contribution in [0, 0.1) is 0 Å². The van der Waals surface area contributed by atoms with E-state index in [1.165, 1.54) is 11.8 Å². The third-order valence-electron chi connectivity index (χ3n) is 3.91. The molecule has 1 amide bonds. The summed E-state index contributed by atoms with van der Waals surface area (Å²) in [6.07, 6.45) is 1.64. The van der Waals surface area contributed by atoms with Gasteiger partial charge in [0.05, 0.1) is 0 Å². The summed E-state index contributed by atoms with van der Waals surface area (Å²) in [5.74, 6) is 0.651. The standard InChI is InChI=1S/C17H16N4OS2/c1-2-9-24-17-19-16(22)14-11-6-3-4-7-12(11)18-15(21(14)20-17)13-8-5-10-23-13/h2-8,10,14-15,18H,1,9H2,(H,19,20,22)/t14-,15-/m1/s1. The van der Waals surface area contributed by atoms with Crippen LogP contribution in [-0.2, 0) is 4.79 Å². The van der Waals surface area contributed by atoms with Gasteiger partial charge in [-0.25, -0.2) is 5.01 Å². The van der Waals surface area contributed by atoms with E-state index in [0.717, 1.165) is 16.1 Å². The van der Waals surface area contributed by atoms with Gasteiger partial charge in [-0.05, 0) is 17.5 Å². The molecule has 0 spiro atoms. The van der Waals surface area contributed by atoms with Gasteiger partial charge in [0.2, 0.25) is 0 Å². The van der Waals surface area contributed by atoms with E-state index < -0.39 is 6.04 Å². The number of carbonyl (C=O) groups is 1. The molecule has 0 saturated carbocycles. The van der Waals surface area contributed by atoms with Crippen molar-refractivity contribution in [3.63, 3.8) is 0 Å². The van der Waals surface area contributed by atoms with Gasteiger partial charge >= 0.3 is 0 Å². The zero-order valence-electron chi connectivity index (χ0n) is 12.8. The van der Waals surface area contributed by atoms with E-state index in [0.29, 0.717) is 10.9 Å². The Kier molecular flexibility index (Phi) is 4.03. The molecule has 0 bridgehead atoms. The smallest absolute Gasteiger partial charge is 0.255 e. The lowest BCUT2D eigenvalue weighted by Crippen LogP contribution is -2.50. The summed E-state index contributed by atoms with van der Waals surface area (Å²) in [6.45, 7) is 3.72. The third-order valence-corrected chi connectivity index (χ3v) is 5.70. The van der Waals surface area contributed by atoms with Gasteiger partial charge in [-0.1, -0.05) is 42.1 Å². The van der Waals surface area contributed by atoms with E-state index in [-0.39, 0.29) is 12.1 Å². The van der Waals surface area contributed by atoms with Gasteiger partial charge in [-0.2, -0.15) is 0 Å². The lowest BCUT2D eigenvalue weighted by atomic mass is 9.99. The van der Waals surface area contributed by atoms with Crippen LogP contribution in [0.1, 0.15) is 22.6 Å². The van der Waals surface area contributed by atoms with Crippen LogP contribution in [0.5, 0.6) is 0 Å². The van der Waals surface area contributed by atoms with Crippen molar-refractivity contribution in [3.8, 4) is 0 Å². The zero-order valence-corrected chi connectivity index (χ0v) is 14.4. The fraction of sp³-hybridized carbons (Fsp3) is 0.176. The van der Waals surface area contributed by atoms with E-state index >= 15 is 0 Å². The first-order valence-corrected chi connectivity index (χ1v) is 9.45. The molecular weight excluding hydrogens is 340 g/mol. The molecule has 2 aromatic rings. The van der Waals surface area contributed by atoms with Crippen molar-refractivity contribution in [2.75, 3.05) is 11.1 Å². The first-order chi connectivity index (χ1) is 11.8. The molecule has 5 nitrogen and oxygen atoms in total. The van der Waals surface area contributed by atoms with Crippen LogP contribution in [0.25, 0.3) is 0 Å². The van der Waals surface area contributed by atoms with E-state index in [4.69, 9.17) is 5.10 Å². The Bertz CT molecular complexity index is 803. The average Bonchev–Trinajstić information content (AvgIpc) is 3.13. The quantitative estimate of drug-likeness (QED) is 0.826. The number of amides is 1. The monoisotopic (exact) mass is 356 g/mol. The molecule has 122 valence electrons. The molecule has 7 heteroatoms. The molecule has 1 aromatic heterocycles. The van der Waals surface area contributed by atoms with Crippen LogP contribution in [0.4, 0.5) is 5.69 Å². The number of thioether (sulfide) groups is 1. The number of benzene rings is 1. The van der Waals surface area contributed by atoms with Crippen LogP contribution in [-0.4, -0.2) is 21.8 Å². The van der Waals surface area contributed by atoms with Gasteiger partial charge in [0.15, 0.2) is 17.4 Å². The summed E-state index contributed by atoms with van der Waals surface area (Å²) in [7, 11) is 0. The molecule has 4 rings (SSSR count). The molecule has 0 saturated heterocycles. The maximum atomic E-state index is 12.8. The zero-order chi connectivity index (χ0) is 16.5. The molecule has 2 aliphatic rings. The Morgan fingerprint density at radius 1 is 1.33 bits per heavy atom. The molecule has 1 aromatic carbocycles. The van der Waals surface area contributed by atoms with Gasteiger partial charge in [-0.3, -0.25) is 4.79 Å². The van der Waals surface area contributed by atoms with E-state index in [1.54, 1.807) is 17.4 Å². The highest BCUT2D eigenvalue weighted by molar-refractivity contribution is 8.14. The van der Waals surface area contributed by atoms with E-state index in [1.807, 2.05) is 40.7 Å². The maximum absolute atomic E-state index is 12.8. The summed E-state index contributed by atoms with van der Waals surface area (Å²) in [5.41, 5.74) is 1.92. The number of fused-ring (bicyclic) bond motifs is 3. The van der Waals surface area contributed by atoms with Crippen molar-refractivity contribution < 1.29 is 4.79 Å². The summed E-state index contributed by atoms with van der Waals surface area (Å²) in [4.78, 5) is 13.9. The van der Waals surface area contributed by atoms with Gasteiger partial charge in [0.25, 0.3) is 5.91 Å². The molecule has 2 atom stereocenters. The molecule has 0 radical (unpaired) electrons. The molecule has 0 fully saturated rings. The Labute approximate surface area is 148 Å². The van der Waals surface area contributed by atoms with Crippen molar-refractivity contribution >= 4 is 39.9 Å². The number of nitrogens with one attached hydrogen (secondary N) is 2. The number of thiophene rings is 1. The highest BCUT2D eigenvalue weighted by atomic mass is 32.2. The molecule has 0 aliphatic carbocycles. The predicted molar refractivity (Wildman–Crippen MR) is 99.9 cm³/mol. The Balaban J connectivity index is 1.79. The van der Waals surface area contributed by atoms with Crippen LogP contribution < -0.4 is 10.6 Å². The SMILES string of the molecule is C=CCSC1=NN2[C@H](c3cccs3)Nc3ccccc3[C@@H]2C(=O)N1. The summed E-state index contributed by atoms with van der Waals surface area (Å²) >= 11 is 3.12. The molecule has 24 heavy (non-hydrogen) atoms. The van der Waals surface area contributed by atoms with Crippen molar-refractivity contribution in [1.82, 2.24) is 10.3 Å². The Morgan fingerprint density at radius 3 is 3.00 bits per heavy atom. The largest absolute Gasteiger partial charge is 0.359 e. The minimum Gasteiger partial charge on any atom is -0.359 e. The summed E-state index contributed by atoms with van der Waals surface area (Å²) < 4.78 is 0. The number of amidine groups is 1. The minimum atomic E-state index is -0.428. The lowest BCUT2D eigenvalue weighted by molar-refractivity contribution is -0.127. The number of hydrogen-bond donors (Lipinski definition) is 2. The molecular formula is C17H16N4OS2. The van der Waals surface area contributed by atoms with Crippen molar-refractivity contribution in [2.24, 2.45) is 5.10 Å². The summed E-state index contributed by atoms with van der Waals surface area (Å²) in [5, 5.41) is 15.7. The fourth-order valence-corrected chi connectivity index (χ4v) is 4.27. The second-order valence-corrected chi connectivity index (χ2v) is 7.41. The summed E-state index contributed by atoms with van der Waals surface area (Å²) in [6, 6.07) is 11.5. The normalized spacial score (nSPS) is 21.9. The first-order valence-electron chi connectivity index (χ1n) is 7.58.